The molecule has 1 atom stereocenters. The van der Waals surface area contributed by atoms with Crippen LogP contribution in [0, 0.1) is 0 Å². The van der Waals surface area contributed by atoms with Crippen molar-refractivity contribution in [3.8, 4) is 0 Å². The van der Waals surface area contributed by atoms with Gasteiger partial charge in [-0.05, 0) is 31.2 Å². The minimum atomic E-state index is -3.62. The number of pyridine rings is 1. The van der Waals surface area contributed by atoms with E-state index >= 15 is 0 Å². The molecule has 0 saturated heterocycles. The third-order valence-corrected chi connectivity index (χ3v) is 5.62. The van der Waals surface area contributed by atoms with Gasteiger partial charge in [0.15, 0.2) is 0 Å². The van der Waals surface area contributed by atoms with E-state index in [1.807, 2.05) is 35.0 Å². The number of amides is 1. The molecule has 2 N–H and O–H groups in total. The van der Waals surface area contributed by atoms with Gasteiger partial charge in [0.25, 0.3) is 10.0 Å². The lowest BCUT2D eigenvalue weighted by Crippen LogP contribution is -2.33. The maximum atomic E-state index is 12.4. The predicted octanol–water partition coefficient (Wildman–Crippen LogP) is 1.08. The summed E-state index contributed by atoms with van der Waals surface area (Å²) < 4.78 is 28.5. The van der Waals surface area contributed by atoms with Crippen molar-refractivity contribution in [1.82, 2.24) is 19.4 Å². The van der Waals surface area contributed by atoms with Crippen LogP contribution in [0.1, 0.15) is 18.2 Å². The van der Waals surface area contributed by atoms with E-state index in [0.29, 0.717) is 5.56 Å². The van der Waals surface area contributed by atoms with Gasteiger partial charge in [0, 0.05) is 18.0 Å². The summed E-state index contributed by atoms with van der Waals surface area (Å²) in [7, 11) is -3.62. The Morgan fingerprint density at radius 2 is 2.04 bits per heavy atom. The van der Waals surface area contributed by atoms with E-state index in [1.54, 1.807) is 25.1 Å². The largest absolute Gasteiger partial charge is 0.349 e. The van der Waals surface area contributed by atoms with E-state index in [2.05, 4.69) is 20.0 Å². The molecule has 4 rings (SSSR count). The quantitative estimate of drug-likeness (QED) is 0.703. The number of sulfonamides is 1. The number of hydrogen-bond acceptors (Lipinski definition) is 5. The van der Waals surface area contributed by atoms with Gasteiger partial charge in [-0.1, -0.05) is 18.2 Å². The molecule has 1 amide bonds. The summed E-state index contributed by atoms with van der Waals surface area (Å²) in [4.78, 5) is 21.2. The van der Waals surface area contributed by atoms with E-state index in [1.165, 1.54) is 6.07 Å². The molecule has 3 heterocycles. The third kappa shape index (κ3) is 3.28. The number of imidazole rings is 1. The molecule has 1 aliphatic heterocycles. The number of aromatic nitrogens is 2. The Morgan fingerprint density at radius 3 is 2.85 bits per heavy atom. The molecular formula is C18H17N5O3S. The Kier molecular flexibility index (Phi) is 4.15. The molecular weight excluding hydrogens is 366 g/mol. The molecule has 0 saturated carbocycles. The van der Waals surface area contributed by atoms with Crippen molar-refractivity contribution >= 4 is 27.4 Å². The van der Waals surface area contributed by atoms with Crippen LogP contribution < -0.4 is 10.0 Å². The van der Waals surface area contributed by atoms with Crippen LogP contribution in [0.4, 0.5) is 0 Å². The number of rotatable bonds is 4. The van der Waals surface area contributed by atoms with Gasteiger partial charge in [-0.15, -0.1) is 0 Å². The molecule has 1 aliphatic rings. The Labute approximate surface area is 156 Å². The first-order valence-electron chi connectivity index (χ1n) is 8.34. The number of carbonyl (C=O) groups excluding carboxylic acids is 1. The van der Waals surface area contributed by atoms with Gasteiger partial charge in [-0.25, -0.2) is 13.4 Å². The Bertz CT molecular complexity index is 1130. The van der Waals surface area contributed by atoms with Gasteiger partial charge in [-0.2, -0.15) is 0 Å². The molecule has 8 nitrogen and oxygen atoms in total. The fourth-order valence-electron chi connectivity index (χ4n) is 2.88. The summed E-state index contributed by atoms with van der Waals surface area (Å²) >= 11 is 0. The third-order valence-electron chi connectivity index (χ3n) is 4.22. The Balaban J connectivity index is 1.47. The van der Waals surface area contributed by atoms with E-state index in [4.69, 9.17) is 0 Å². The predicted molar refractivity (Wildman–Crippen MR) is 99.8 cm³/mol. The molecule has 3 aromatic rings. The number of fused-ring (bicyclic) bond motifs is 2. The Morgan fingerprint density at radius 1 is 1.26 bits per heavy atom. The second-order valence-corrected chi connectivity index (χ2v) is 7.82. The number of nitrogens with zero attached hydrogens (tertiary/aromatic N) is 3. The fraction of sp³-hybridized carbons (Fsp3) is 0.167. The number of benzene rings is 1. The lowest BCUT2D eigenvalue weighted by atomic mass is 10.2. The maximum absolute atomic E-state index is 12.4. The van der Waals surface area contributed by atoms with E-state index < -0.39 is 16.1 Å². The second kappa shape index (κ2) is 6.51. The number of aliphatic imine (C=N–C) groups is 1. The lowest BCUT2D eigenvalue weighted by molar-refractivity contribution is -0.122. The Hall–Kier alpha value is -3.20. The summed E-state index contributed by atoms with van der Waals surface area (Å²) in [5.74, 6) is -0.135. The maximum Gasteiger partial charge on any atom is 0.263 e. The molecule has 2 aromatic heterocycles. The van der Waals surface area contributed by atoms with Crippen molar-refractivity contribution in [2.75, 3.05) is 0 Å². The van der Waals surface area contributed by atoms with Crippen molar-refractivity contribution in [2.45, 2.75) is 24.4 Å². The molecule has 0 aliphatic carbocycles. The number of nitrogens with one attached hydrogen (secondary N) is 2. The summed E-state index contributed by atoms with van der Waals surface area (Å²) in [6.07, 6.45) is 3.72. The van der Waals surface area contributed by atoms with Crippen molar-refractivity contribution in [2.24, 2.45) is 4.99 Å². The van der Waals surface area contributed by atoms with E-state index in [9.17, 15) is 13.2 Å². The van der Waals surface area contributed by atoms with E-state index in [0.717, 1.165) is 11.3 Å². The van der Waals surface area contributed by atoms with Crippen molar-refractivity contribution in [1.29, 1.82) is 0 Å². The monoisotopic (exact) mass is 383 g/mol. The topological polar surface area (TPSA) is 105 Å². The molecule has 0 radical (unpaired) electrons. The summed E-state index contributed by atoms with van der Waals surface area (Å²) in [6.45, 7) is 1.87. The van der Waals surface area contributed by atoms with Gasteiger partial charge in [-0.3, -0.25) is 14.5 Å². The molecule has 138 valence electrons. The van der Waals surface area contributed by atoms with Gasteiger partial charge < -0.3 is 9.72 Å². The lowest BCUT2D eigenvalue weighted by Gasteiger charge is -2.08. The minimum Gasteiger partial charge on any atom is -0.349 e. The summed E-state index contributed by atoms with van der Waals surface area (Å²) in [5.41, 5.74) is 1.99. The second-order valence-electron chi connectivity index (χ2n) is 6.17. The highest BCUT2D eigenvalue weighted by molar-refractivity contribution is 7.90. The molecule has 0 spiro atoms. The highest BCUT2D eigenvalue weighted by Crippen LogP contribution is 2.22. The summed E-state index contributed by atoms with van der Waals surface area (Å²) in [6, 6.07) is 11.5. The first-order chi connectivity index (χ1) is 12.9. The molecule has 1 aromatic carbocycles. The average Bonchev–Trinajstić information content (AvgIpc) is 3.18. The molecule has 0 unspecified atom stereocenters. The van der Waals surface area contributed by atoms with Crippen LogP contribution in [-0.4, -0.2) is 35.6 Å². The van der Waals surface area contributed by atoms with Crippen LogP contribution in [0.15, 0.2) is 64.7 Å². The molecule has 9 heteroatoms. The smallest absolute Gasteiger partial charge is 0.263 e. The van der Waals surface area contributed by atoms with Crippen molar-refractivity contribution in [3.05, 3.63) is 66.1 Å². The first-order valence-corrected chi connectivity index (χ1v) is 9.83. The van der Waals surface area contributed by atoms with Crippen molar-refractivity contribution < 1.29 is 13.2 Å². The number of amidine groups is 1. The van der Waals surface area contributed by atoms with E-state index in [-0.39, 0.29) is 23.2 Å². The van der Waals surface area contributed by atoms with Gasteiger partial charge >= 0.3 is 0 Å². The fourth-order valence-corrected chi connectivity index (χ4v) is 4.12. The molecule has 0 fully saturated rings. The zero-order chi connectivity index (χ0) is 19.0. The minimum absolute atomic E-state index is 0.168. The highest BCUT2D eigenvalue weighted by Gasteiger charge is 2.31. The molecule has 0 bridgehead atoms. The van der Waals surface area contributed by atoms with Crippen LogP contribution in [0.5, 0.6) is 0 Å². The highest BCUT2D eigenvalue weighted by atomic mass is 32.2. The number of carbonyl (C=O) groups is 1. The first kappa shape index (κ1) is 17.2. The van der Waals surface area contributed by atoms with Gasteiger partial charge in [0.2, 0.25) is 5.91 Å². The van der Waals surface area contributed by atoms with Gasteiger partial charge in [0.05, 0.1) is 17.1 Å². The zero-order valence-electron chi connectivity index (χ0n) is 14.5. The number of hydrogen-bond donors (Lipinski definition) is 2. The normalized spacial score (nSPS) is 17.4. The average molecular weight is 383 g/mol. The van der Waals surface area contributed by atoms with Crippen LogP contribution in [0.3, 0.4) is 0 Å². The SMILES string of the molecule is C[C@H](N=C1NS(=O)(=O)c2ccccc21)C(=O)NCc1cn2ccccc2n1. The zero-order valence-corrected chi connectivity index (χ0v) is 15.3. The van der Waals surface area contributed by atoms with Crippen LogP contribution in [0.2, 0.25) is 0 Å². The van der Waals surface area contributed by atoms with Crippen molar-refractivity contribution in [3.63, 3.8) is 0 Å². The summed E-state index contributed by atoms with van der Waals surface area (Å²) in [5, 5.41) is 2.78. The van der Waals surface area contributed by atoms with Crippen LogP contribution in [0.25, 0.3) is 5.65 Å². The molecule has 27 heavy (non-hydrogen) atoms. The van der Waals surface area contributed by atoms with Gasteiger partial charge in [0.1, 0.15) is 17.5 Å². The van der Waals surface area contributed by atoms with Crippen LogP contribution in [-0.2, 0) is 21.4 Å². The van der Waals surface area contributed by atoms with Crippen LogP contribution >= 0.6 is 0 Å². The standard InChI is InChI=1S/C18H17N5O3S/c1-12(20-17-14-6-2-3-7-15(14)27(25,26)22-17)18(24)19-10-13-11-23-9-5-4-8-16(23)21-13/h2-9,11-12H,10H2,1H3,(H,19,24)(H,20,22)/t12-/m0/s1.